The highest BCUT2D eigenvalue weighted by atomic mass is 16.5. The SMILES string of the molecule is COc1cccc(OC[C@H](O)C[NH+]2CC[NH+](CCN3C(=O)c4cccc5cccc(c45)C3=O)CC2)c1. The van der Waals surface area contributed by atoms with Gasteiger partial charge in [-0.2, -0.15) is 0 Å². The molecule has 0 bridgehead atoms. The van der Waals surface area contributed by atoms with Crippen LogP contribution in [0.25, 0.3) is 10.8 Å². The van der Waals surface area contributed by atoms with Gasteiger partial charge in [0.1, 0.15) is 56.9 Å². The van der Waals surface area contributed by atoms with Crippen molar-refractivity contribution in [3.05, 3.63) is 71.8 Å². The molecule has 3 aromatic rings. The Morgan fingerprint density at radius 3 is 2.17 bits per heavy atom. The van der Waals surface area contributed by atoms with Gasteiger partial charge in [0.2, 0.25) is 0 Å². The first-order valence-corrected chi connectivity index (χ1v) is 12.5. The molecule has 1 fully saturated rings. The summed E-state index contributed by atoms with van der Waals surface area (Å²) in [7, 11) is 1.61. The minimum absolute atomic E-state index is 0.202. The molecule has 36 heavy (non-hydrogen) atoms. The van der Waals surface area contributed by atoms with Crippen molar-refractivity contribution in [2.24, 2.45) is 0 Å². The fourth-order valence-electron chi connectivity index (χ4n) is 5.24. The van der Waals surface area contributed by atoms with Crippen molar-refractivity contribution in [3.63, 3.8) is 0 Å². The van der Waals surface area contributed by atoms with E-state index in [2.05, 4.69) is 0 Å². The Hall–Kier alpha value is -3.46. The van der Waals surface area contributed by atoms with Gasteiger partial charge in [0.15, 0.2) is 0 Å². The van der Waals surface area contributed by atoms with Crippen LogP contribution in [0.4, 0.5) is 0 Å². The molecule has 2 aliphatic heterocycles. The van der Waals surface area contributed by atoms with Crippen molar-refractivity contribution in [2.75, 3.05) is 59.5 Å². The Bertz CT molecular complexity index is 1200. The fourth-order valence-corrected chi connectivity index (χ4v) is 5.24. The first kappa shape index (κ1) is 24.2. The number of aliphatic hydroxyl groups excluding tert-OH is 1. The molecule has 2 heterocycles. The Kier molecular flexibility index (Phi) is 7.18. The molecule has 5 rings (SSSR count). The summed E-state index contributed by atoms with van der Waals surface area (Å²) in [5, 5.41) is 12.2. The van der Waals surface area contributed by atoms with E-state index in [0.717, 1.165) is 49.2 Å². The van der Waals surface area contributed by atoms with Crippen molar-refractivity contribution in [1.82, 2.24) is 4.90 Å². The summed E-state index contributed by atoms with van der Waals surface area (Å²) in [6, 6.07) is 18.6. The first-order valence-electron chi connectivity index (χ1n) is 12.5. The van der Waals surface area contributed by atoms with Crippen LogP contribution in [0.15, 0.2) is 60.7 Å². The molecular weight excluding hydrogens is 458 g/mol. The molecule has 3 aromatic carbocycles. The van der Waals surface area contributed by atoms with Crippen LogP contribution in [0.5, 0.6) is 11.5 Å². The molecule has 0 aliphatic carbocycles. The van der Waals surface area contributed by atoms with Gasteiger partial charge in [-0.15, -0.1) is 0 Å². The van der Waals surface area contributed by atoms with Gasteiger partial charge in [0.05, 0.1) is 20.2 Å². The molecule has 1 atom stereocenters. The number of benzene rings is 3. The number of quaternary nitrogens is 2. The van der Waals surface area contributed by atoms with Crippen LogP contribution in [0.1, 0.15) is 20.7 Å². The van der Waals surface area contributed by atoms with Crippen molar-refractivity contribution in [2.45, 2.75) is 6.10 Å². The Balaban J connectivity index is 1.09. The van der Waals surface area contributed by atoms with Gasteiger partial charge >= 0.3 is 0 Å². The molecule has 188 valence electrons. The Morgan fingerprint density at radius 1 is 0.889 bits per heavy atom. The maximum atomic E-state index is 13.1. The van der Waals surface area contributed by atoms with E-state index < -0.39 is 6.10 Å². The molecule has 1 saturated heterocycles. The number of hydrogen-bond acceptors (Lipinski definition) is 5. The molecule has 3 N–H and O–H groups in total. The summed E-state index contributed by atoms with van der Waals surface area (Å²) in [6.45, 7) is 5.71. The predicted octanol–water partition coefficient (Wildman–Crippen LogP) is -0.332. The highest BCUT2D eigenvalue weighted by Crippen LogP contribution is 2.29. The maximum Gasteiger partial charge on any atom is 0.261 e. The van der Waals surface area contributed by atoms with E-state index in [-0.39, 0.29) is 18.4 Å². The van der Waals surface area contributed by atoms with Gasteiger partial charge in [0, 0.05) is 22.6 Å². The third-order valence-electron chi connectivity index (χ3n) is 7.22. The van der Waals surface area contributed by atoms with Crippen molar-refractivity contribution < 1.29 is 34.0 Å². The number of ether oxygens (including phenoxy) is 2. The number of nitrogens with zero attached hydrogens (tertiary/aromatic N) is 1. The van der Waals surface area contributed by atoms with Gasteiger partial charge in [-0.05, 0) is 29.7 Å². The largest absolute Gasteiger partial charge is 0.497 e. The zero-order chi connectivity index (χ0) is 25.1. The molecule has 2 aliphatic rings. The van der Waals surface area contributed by atoms with E-state index in [0.29, 0.717) is 30.0 Å². The van der Waals surface area contributed by atoms with E-state index in [1.807, 2.05) is 54.6 Å². The number of piperazine rings is 1. The number of nitrogens with one attached hydrogen (secondary N) is 2. The van der Waals surface area contributed by atoms with Gasteiger partial charge in [-0.1, -0.05) is 30.3 Å². The van der Waals surface area contributed by atoms with E-state index >= 15 is 0 Å². The van der Waals surface area contributed by atoms with Gasteiger partial charge < -0.3 is 24.4 Å². The zero-order valence-corrected chi connectivity index (χ0v) is 20.5. The quantitative estimate of drug-likeness (QED) is 0.357. The number of hydrogen-bond donors (Lipinski definition) is 3. The molecule has 0 spiro atoms. The van der Waals surface area contributed by atoms with Gasteiger partial charge in [-0.25, -0.2) is 0 Å². The van der Waals surface area contributed by atoms with Crippen LogP contribution in [0, 0.1) is 0 Å². The number of rotatable bonds is 9. The van der Waals surface area contributed by atoms with Crippen LogP contribution in [-0.4, -0.2) is 87.5 Å². The van der Waals surface area contributed by atoms with Crippen molar-refractivity contribution in [3.8, 4) is 11.5 Å². The summed E-state index contributed by atoms with van der Waals surface area (Å²) in [4.78, 5) is 30.3. The van der Waals surface area contributed by atoms with E-state index in [9.17, 15) is 14.7 Å². The van der Waals surface area contributed by atoms with E-state index in [4.69, 9.17) is 9.47 Å². The lowest BCUT2D eigenvalue weighted by Gasteiger charge is -2.32. The highest BCUT2D eigenvalue weighted by molar-refractivity contribution is 6.25. The molecule has 8 nitrogen and oxygen atoms in total. The molecule has 0 unspecified atom stereocenters. The normalized spacial score (nSPS) is 20.4. The van der Waals surface area contributed by atoms with Crippen LogP contribution in [-0.2, 0) is 0 Å². The molecular formula is C28H33N3O5+2. The topological polar surface area (TPSA) is 84.9 Å². The second kappa shape index (κ2) is 10.7. The van der Waals surface area contributed by atoms with Gasteiger partial charge in [-0.3, -0.25) is 14.5 Å². The van der Waals surface area contributed by atoms with Crippen molar-refractivity contribution >= 4 is 22.6 Å². The third kappa shape index (κ3) is 5.06. The summed E-state index contributed by atoms with van der Waals surface area (Å²) in [5.74, 6) is 0.999. The number of aliphatic hydroxyl groups is 1. The average molecular weight is 492 g/mol. The molecule has 0 aromatic heterocycles. The predicted molar refractivity (Wildman–Crippen MR) is 135 cm³/mol. The van der Waals surface area contributed by atoms with Crippen LogP contribution >= 0.6 is 0 Å². The third-order valence-corrected chi connectivity index (χ3v) is 7.22. The van der Waals surface area contributed by atoms with Crippen molar-refractivity contribution in [1.29, 1.82) is 0 Å². The lowest BCUT2D eigenvalue weighted by molar-refractivity contribution is -1.01. The molecule has 0 saturated carbocycles. The first-order chi connectivity index (χ1) is 17.5. The number of methoxy groups -OCH3 is 1. The number of imide groups is 1. The smallest absolute Gasteiger partial charge is 0.261 e. The fraction of sp³-hybridized carbons (Fsp3) is 0.357. The Labute approximate surface area is 210 Å². The second-order valence-electron chi connectivity index (χ2n) is 9.57. The number of amides is 2. The summed E-state index contributed by atoms with van der Waals surface area (Å²) in [6.07, 6.45) is -0.556. The summed E-state index contributed by atoms with van der Waals surface area (Å²) in [5.41, 5.74) is 1.22. The maximum absolute atomic E-state index is 13.1. The molecule has 0 radical (unpaired) electrons. The lowest BCUT2D eigenvalue weighted by atomic mass is 9.94. The van der Waals surface area contributed by atoms with Crippen LogP contribution < -0.4 is 19.3 Å². The van der Waals surface area contributed by atoms with E-state index in [1.165, 1.54) is 14.7 Å². The number of carbonyl (C=O) groups excluding carboxylic acids is 2. The summed E-state index contributed by atoms with van der Waals surface area (Å²) >= 11 is 0. The molecule has 2 amide bonds. The highest BCUT2D eigenvalue weighted by Gasteiger charge is 2.34. The zero-order valence-electron chi connectivity index (χ0n) is 20.5. The Morgan fingerprint density at radius 2 is 1.50 bits per heavy atom. The second-order valence-corrected chi connectivity index (χ2v) is 9.57. The van der Waals surface area contributed by atoms with Gasteiger partial charge in [0.25, 0.3) is 11.8 Å². The lowest BCUT2D eigenvalue weighted by Crippen LogP contribution is -3.28. The summed E-state index contributed by atoms with van der Waals surface area (Å²) < 4.78 is 10.9. The minimum atomic E-state index is -0.556. The van der Waals surface area contributed by atoms with Crippen LogP contribution in [0.2, 0.25) is 0 Å². The minimum Gasteiger partial charge on any atom is -0.497 e. The monoisotopic (exact) mass is 491 g/mol. The number of carbonyl (C=O) groups is 2. The van der Waals surface area contributed by atoms with E-state index in [1.54, 1.807) is 13.2 Å². The molecule has 8 heteroatoms. The standard InChI is InChI=1S/C28H31N3O5/c1-35-22-7-4-8-23(17-22)36-19-21(32)18-30-13-11-29(12-14-30)15-16-31-27(33)24-9-2-5-20-6-3-10-25(26(20)24)28(31)34/h2-10,17,21,32H,11-16,18-19H2,1H3/p+2/t21-/m1/s1. The average Bonchev–Trinajstić information content (AvgIpc) is 2.91. The van der Waals surface area contributed by atoms with Crippen LogP contribution in [0.3, 0.4) is 0 Å².